The third kappa shape index (κ3) is 4.11. The third-order valence-corrected chi connectivity index (χ3v) is 5.35. The Morgan fingerprint density at radius 3 is 2.19 bits per heavy atom. The molecule has 5 heteroatoms. The maximum Gasteiger partial charge on any atom is 0.225 e. The Balaban J connectivity index is 0.00000161. The van der Waals surface area contributed by atoms with Crippen molar-refractivity contribution in [3.05, 3.63) is 0 Å². The molecule has 21 heavy (non-hydrogen) atoms. The fraction of sp³-hybridized carbons (Fsp3) is 0.938. The van der Waals surface area contributed by atoms with Crippen molar-refractivity contribution in [2.45, 2.75) is 57.7 Å². The van der Waals surface area contributed by atoms with Crippen LogP contribution < -0.4 is 5.32 Å². The van der Waals surface area contributed by atoms with E-state index in [1.165, 1.54) is 25.7 Å². The molecule has 1 aliphatic carbocycles. The molecule has 0 spiro atoms. The lowest BCUT2D eigenvalue weighted by atomic mass is 9.87. The number of hydrogen-bond donors (Lipinski definition) is 1. The first kappa shape index (κ1) is 17.0. The van der Waals surface area contributed by atoms with E-state index in [-0.39, 0.29) is 18.3 Å². The maximum absolute atomic E-state index is 12.4. The summed E-state index contributed by atoms with van der Waals surface area (Å²) >= 11 is 0. The Morgan fingerprint density at radius 2 is 1.67 bits per heavy atom. The normalized spacial score (nSPS) is 26.2. The van der Waals surface area contributed by atoms with E-state index in [2.05, 4.69) is 17.1 Å². The van der Waals surface area contributed by atoms with Crippen LogP contribution in [0.25, 0.3) is 0 Å². The molecule has 1 unspecified atom stereocenters. The number of nitrogens with zero attached hydrogens (tertiary/aromatic N) is 1. The zero-order valence-electron chi connectivity index (χ0n) is 13.1. The quantitative estimate of drug-likeness (QED) is 0.864. The summed E-state index contributed by atoms with van der Waals surface area (Å²) in [7, 11) is 0. The van der Waals surface area contributed by atoms with E-state index < -0.39 is 0 Å². The van der Waals surface area contributed by atoms with Crippen LogP contribution in [0, 0.1) is 11.8 Å². The van der Waals surface area contributed by atoms with E-state index in [0.29, 0.717) is 24.0 Å². The van der Waals surface area contributed by atoms with Gasteiger partial charge >= 0.3 is 0 Å². The number of rotatable bonds is 4. The highest BCUT2D eigenvalue weighted by atomic mass is 35.5. The molecule has 1 N–H and O–H groups in total. The van der Waals surface area contributed by atoms with E-state index in [9.17, 15) is 4.79 Å². The van der Waals surface area contributed by atoms with Gasteiger partial charge in [-0.1, -0.05) is 19.8 Å². The summed E-state index contributed by atoms with van der Waals surface area (Å²) in [6.07, 6.45) is 8.08. The van der Waals surface area contributed by atoms with Crippen LogP contribution in [-0.4, -0.2) is 49.2 Å². The van der Waals surface area contributed by atoms with E-state index in [0.717, 1.165) is 39.0 Å². The summed E-state index contributed by atoms with van der Waals surface area (Å²) in [6.45, 7) is 5.89. The van der Waals surface area contributed by atoms with E-state index in [1.807, 2.05) is 0 Å². The number of piperidine rings is 1. The van der Waals surface area contributed by atoms with Crippen molar-refractivity contribution in [2.24, 2.45) is 11.8 Å². The number of halogens is 1. The molecule has 2 heterocycles. The lowest BCUT2D eigenvalue weighted by molar-refractivity contribution is -0.140. The van der Waals surface area contributed by atoms with Gasteiger partial charge in [-0.25, -0.2) is 0 Å². The smallest absolute Gasteiger partial charge is 0.225 e. The van der Waals surface area contributed by atoms with Crippen LogP contribution in [0.15, 0.2) is 0 Å². The van der Waals surface area contributed by atoms with E-state index >= 15 is 0 Å². The van der Waals surface area contributed by atoms with Crippen LogP contribution in [0.4, 0.5) is 0 Å². The Hall–Kier alpha value is -0.320. The number of hydrogen-bond acceptors (Lipinski definition) is 3. The van der Waals surface area contributed by atoms with Crippen LogP contribution >= 0.6 is 12.4 Å². The topological polar surface area (TPSA) is 41.6 Å². The van der Waals surface area contributed by atoms with Gasteiger partial charge in [-0.2, -0.15) is 0 Å². The van der Waals surface area contributed by atoms with Crippen molar-refractivity contribution in [3.8, 4) is 0 Å². The molecule has 2 aliphatic heterocycles. The van der Waals surface area contributed by atoms with Crippen molar-refractivity contribution >= 4 is 18.3 Å². The fourth-order valence-corrected chi connectivity index (χ4v) is 3.66. The number of likely N-dealkylation sites (tertiary alicyclic amines) is 1. The standard InChI is InChI=1S/C16H28N2O2.ClH/c1-12(13-10-17-11-13)16(19)18-8-6-15(7-9-18)20-14-4-2-3-5-14;/h12-15,17H,2-11H2,1H3;1H. The van der Waals surface area contributed by atoms with Crippen LogP contribution in [-0.2, 0) is 9.53 Å². The second-order valence-electron chi connectivity index (χ2n) is 6.77. The van der Waals surface area contributed by atoms with Gasteiger partial charge < -0.3 is 15.0 Å². The molecule has 1 saturated carbocycles. The highest BCUT2D eigenvalue weighted by molar-refractivity contribution is 5.85. The molecule has 3 aliphatic rings. The number of amides is 1. The minimum Gasteiger partial charge on any atom is -0.375 e. The van der Waals surface area contributed by atoms with Gasteiger partial charge in [0.1, 0.15) is 0 Å². The van der Waals surface area contributed by atoms with E-state index in [4.69, 9.17) is 4.74 Å². The van der Waals surface area contributed by atoms with Gasteiger partial charge in [0, 0.05) is 19.0 Å². The van der Waals surface area contributed by atoms with Crippen LogP contribution in [0.5, 0.6) is 0 Å². The number of carbonyl (C=O) groups excluding carboxylic acids is 1. The van der Waals surface area contributed by atoms with Crippen LogP contribution in [0.2, 0.25) is 0 Å². The minimum atomic E-state index is 0. The van der Waals surface area contributed by atoms with Crippen molar-refractivity contribution in [1.29, 1.82) is 0 Å². The van der Waals surface area contributed by atoms with E-state index in [1.54, 1.807) is 0 Å². The Labute approximate surface area is 134 Å². The third-order valence-electron chi connectivity index (χ3n) is 5.35. The zero-order chi connectivity index (χ0) is 13.9. The van der Waals surface area contributed by atoms with Gasteiger partial charge in [0.15, 0.2) is 0 Å². The molecule has 0 radical (unpaired) electrons. The van der Waals surface area contributed by atoms with Crippen LogP contribution in [0.1, 0.15) is 45.4 Å². The Morgan fingerprint density at radius 1 is 1.10 bits per heavy atom. The number of carbonyl (C=O) groups is 1. The Kier molecular flexibility index (Phi) is 6.33. The van der Waals surface area contributed by atoms with Gasteiger partial charge in [-0.3, -0.25) is 4.79 Å². The summed E-state index contributed by atoms with van der Waals surface area (Å²) in [6, 6.07) is 0. The maximum atomic E-state index is 12.4. The van der Waals surface area contributed by atoms with Crippen molar-refractivity contribution in [2.75, 3.05) is 26.2 Å². The highest BCUT2D eigenvalue weighted by Crippen LogP contribution is 2.26. The summed E-state index contributed by atoms with van der Waals surface area (Å²) in [5, 5.41) is 3.26. The second kappa shape index (κ2) is 7.80. The second-order valence-corrected chi connectivity index (χ2v) is 6.77. The number of nitrogens with one attached hydrogen (secondary N) is 1. The summed E-state index contributed by atoms with van der Waals surface area (Å²) in [5.74, 6) is 1.09. The van der Waals surface area contributed by atoms with Gasteiger partial charge in [-0.15, -0.1) is 12.4 Å². The first-order valence-electron chi connectivity index (χ1n) is 8.39. The summed E-state index contributed by atoms with van der Waals surface area (Å²) < 4.78 is 6.17. The SMILES string of the molecule is CC(C(=O)N1CCC(OC2CCCC2)CC1)C1CNC1.Cl. The predicted octanol–water partition coefficient (Wildman–Crippen LogP) is 2.21. The lowest BCUT2D eigenvalue weighted by Gasteiger charge is -2.38. The van der Waals surface area contributed by atoms with Crippen molar-refractivity contribution < 1.29 is 9.53 Å². The molecule has 2 saturated heterocycles. The molecule has 3 rings (SSSR count). The van der Waals surface area contributed by atoms with Gasteiger partial charge in [-0.05, 0) is 44.7 Å². The molecule has 4 nitrogen and oxygen atoms in total. The molecule has 122 valence electrons. The Bertz CT molecular complexity index is 335. The van der Waals surface area contributed by atoms with Crippen LogP contribution in [0.3, 0.4) is 0 Å². The van der Waals surface area contributed by atoms with Gasteiger partial charge in [0.05, 0.1) is 12.2 Å². The number of ether oxygens (including phenoxy) is 1. The molecule has 0 aromatic heterocycles. The molecule has 1 amide bonds. The zero-order valence-corrected chi connectivity index (χ0v) is 13.9. The average molecular weight is 317 g/mol. The average Bonchev–Trinajstić information content (AvgIpc) is 2.89. The molecular formula is C16H29ClN2O2. The molecule has 3 fully saturated rings. The monoisotopic (exact) mass is 316 g/mol. The van der Waals surface area contributed by atoms with Gasteiger partial charge in [0.2, 0.25) is 5.91 Å². The van der Waals surface area contributed by atoms with Gasteiger partial charge in [0.25, 0.3) is 0 Å². The minimum absolute atomic E-state index is 0. The highest BCUT2D eigenvalue weighted by Gasteiger charge is 2.33. The van der Waals surface area contributed by atoms with Crippen molar-refractivity contribution in [3.63, 3.8) is 0 Å². The lowest BCUT2D eigenvalue weighted by Crippen LogP contribution is -2.52. The predicted molar refractivity (Wildman–Crippen MR) is 85.7 cm³/mol. The first-order chi connectivity index (χ1) is 9.74. The largest absolute Gasteiger partial charge is 0.375 e. The molecule has 0 aromatic rings. The molecule has 0 bridgehead atoms. The first-order valence-corrected chi connectivity index (χ1v) is 8.39. The summed E-state index contributed by atoms with van der Waals surface area (Å²) in [4.78, 5) is 14.5. The molecule has 0 aromatic carbocycles. The van der Waals surface area contributed by atoms with Crippen molar-refractivity contribution in [1.82, 2.24) is 10.2 Å². The molecule has 1 atom stereocenters. The summed E-state index contributed by atoms with van der Waals surface area (Å²) in [5.41, 5.74) is 0. The fourth-order valence-electron chi connectivity index (χ4n) is 3.66. The molecular weight excluding hydrogens is 288 g/mol.